The van der Waals surface area contributed by atoms with E-state index in [-0.39, 0.29) is 12.8 Å². The third-order valence-corrected chi connectivity index (χ3v) is 2.99. The monoisotopic (exact) mass is 190 g/mol. The molecule has 0 nitrogen and oxygen atoms in total. The summed E-state index contributed by atoms with van der Waals surface area (Å²) in [5.74, 6) is -1.07. The summed E-state index contributed by atoms with van der Waals surface area (Å²) in [6.07, 6.45) is 4.05. The highest BCUT2D eigenvalue weighted by Crippen LogP contribution is 2.38. The Bertz CT molecular complexity index is 139. The van der Waals surface area contributed by atoms with Crippen molar-refractivity contribution >= 4 is 0 Å². The average Bonchev–Trinajstić information content (AvgIpc) is 2.02. The third-order valence-electron chi connectivity index (χ3n) is 2.99. The van der Waals surface area contributed by atoms with E-state index in [0.717, 1.165) is 19.3 Å². The number of hydrogen-bond donors (Lipinski definition) is 0. The first-order valence-electron chi connectivity index (χ1n) is 5.37. The van der Waals surface area contributed by atoms with Crippen molar-refractivity contribution in [2.24, 2.45) is 11.8 Å². The van der Waals surface area contributed by atoms with Gasteiger partial charge < -0.3 is 0 Å². The molecular formula is C11H20F2. The van der Waals surface area contributed by atoms with Crippen molar-refractivity contribution in [3.8, 4) is 0 Å². The molecule has 1 fully saturated rings. The normalized spacial score (nSPS) is 23.8. The molecule has 0 saturated heterocycles. The molecule has 0 bridgehead atoms. The summed E-state index contributed by atoms with van der Waals surface area (Å²) in [6.45, 7) is 4.38. The van der Waals surface area contributed by atoms with Gasteiger partial charge in [-0.3, -0.25) is 0 Å². The van der Waals surface area contributed by atoms with Crippen LogP contribution in [-0.2, 0) is 0 Å². The fourth-order valence-corrected chi connectivity index (χ4v) is 1.96. The molecule has 0 N–H and O–H groups in total. The van der Waals surface area contributed by atoms with E-state index in [2.05, 4.69) is 13.8 Å². The molecule has 0 aliphatic heterocycles. The fourth-order valence-electron chi connectivity index (χ4n) is 1.96. The summed E-state index contributed by atoms with van der Waals surface area (Å²) in [5, 5.41) is 0. The molecule has 0 radical (unpaired) electrons. The summed E-state index contributed by atoms with van der Waals surface area (Å²) in [6, 6.07) is 0. The second-order valence-electron chi connectivity index (χ2n) is 4.77. The zero-order chi connectivity index (χ0) is 9.90. The second kappa shape index (κ2) is 4.39. The lowest BCUT2D eigenvalue weighted by Crippen LogP contribution is -2.24. The maximum atomic E-state index is 12.8. The molecule has 0 aromatic rings. The Morgan fingerprint density at radius 3 is 2.23 bits per heavy atom. The van der Waals surface area contributed by atoms with Crippen molar-refractivity contribution in [2.45, 2.75) is 58.3 Å². The molecule has 0 aromatic carbocycles. The maximum absolute atomic E-state index is 12.8. The predicted octanol–water partition coefficient (Wildman–Crippen LogP) is 4.25. The molecule has 0 amide bonds. The second-order valence-corrected chi connectivity index (χ2v) is 4.77. The molecule has 1 saturated carbocycles. The van der Waals surface area contributed by atoms with Crippen molar-refractivity contribution in [2.75, 3.05) is 0 Å². The van der Waals surface area contributed by atoms with Crippen LogP contribution in [-0.4, -0.2) is 5.92 Å². The van der Waals surface area contributed by atoms with Gasteiger partial charge in [-0.15, -0.1) is 0 Å². The molecule has 2 heteroatoms. The van der Waals surface area contributed by atoms with Crippen molar-refractivity contribution in [1.82, 2.24) is 0 Å². The number of rotatable bonds is 3. The topological polar surface area (TPSA) is 0 Å². The van der Waals surface area contributed by atoms with E-state index in [4.69, 9.17) is 0 Å². The molecule has 13 heavy (non-hydrogen) atoms. The SMILES string of the molecule is CC(C)CCC1CCC(F)(F)CC1. The Morgan fingerprint density at radius 1 is 1.23 bits per heavy atom. The minimum absolute atomic E-state index is 0.121. The van der Waals surface area contributed by atoms with Crippen LogP contribution in [0.15, 0.2) is 0 Å². The van der Waals surface area contributed by atoms with E-state index in [1.165, 1.54) is 6.42 Å². The van der Waals surface area contributed by atoms with E-state index in [1.807, 2.05) is 0 Å². The minimum atomic E-state index is -2.35. The quantitative estimate of drug-likeness (QED) is 0.624. The average molecular weight is 190 g/mol. The van der Waals surface area contributed by atoms with Gasteiger partial charge in [0.15, 0.2) is 0 Å². The van der Waals surface area contributed by atoms with Crippen LogP contribution in [0.5, 0.6) is 0 Å². The van der Waals surface area contributed by atoms with Gasteiger partial charge in [-0.2, -0.15) is 0 Å². The van der Waals surface area contributed by atoms with Gasteiger partial charge in [0.05, 0.1) is 0 Å². The molecule has 1 aliphatic carbocycles. The van der Waals surface area contributed by atoms with Crippen LogP contribution >= 0.6 is 0 Å². The minimum Gasteiger partial charge on any atom is -0.207 e. The standard InChI is InChI=1S/C11H20F2/c1-9(2)3-4-10-5-7-11(12,13)8-6-10/h9-10H,3-8H2,1-2H3. The fraction of sp³-hybridized carbons (Fsp3) is 1.00. The van der Waals surface area contributed by atoms with Crippen LogP contribution in [0.3, 0.4) is 0 Å². The van der Waals surface area contributed by atoms with E-state index in [0.29, 0.717) is 11.8 Å². The van der Waals surface area contributed by atoms with Crippen LogP contribution in [0.25, 0.3) is 0 Å². The highest BCUT2D eigenvalue weighted by molar-refractivity contribution is 4.77. The van der Waals surface area contributed by atoms with Gasteiger partial charge in [0.2, 0.25) is 5.92 Å². The van der Waals surface area contributed by atoms with Gasteiger partial charge in [0, 0.05) is 12.8 Å². The molecule has 0 heterocycles. The lowest BCUT2D eigenvalue weighted by atomic mass is 9.83. The van der Waals surface area contributed by atoms with E-state index in [1.54, 1.807) is 0 Å². The van der Waals surface area contributed by atoms with Crippen molar-refractivity contribution in [3.63, 3.8) is 0 Å². The highest BCUT2D eigenvalue weighted by Gasteiger charge is 2.34. The Kier molecular flexibility index (Phi) is 3.69. The molecule has 0 aromatic heterocycles. The maximum Gasteiger partial charge on any atom is 0.248 e. The molecule has 0 unspecified atom stereocenters. The largest absolute Gasteiger partial charge is 0.248 e. The molecule has 1 rings (SSSR count). The van der Waals surface area contributed by atoms with Crippen LogP contribution < -0.4 is 0 Å². The highest BCUT2D eigenvalue weighted by atomic mass is 19.3. The summed E-state index contributed by atoms with van der Waals surface area (Å²) < 4.78 is 25.6. The molecule has 1 aliphatic rings. The first-order valence-corrected chi connectivity index (χ1v) is 5.37. The lowest BCUT2D eigenvalue weighted by molar-refractivity contribution is -0.0468. The Labute approximate surface area is 79.7 Å². The summed E-state index contributed by atoms with van der Waals surface area (Å²) in [5.41, 5.74) is 0. The third kappa shape index (κ3) is 4.06. The Hall–Kier alpha value is -0.140. The van der Waals surface area contributed by atoms with E-state index < -0.39 is 5.92 Å². The first kappa shape index (κ1) is 10.9. The predicted molar refractivity (Wildman–Crippen MR) is 51.0 cm³/mol. The zero-order valence-electron chi connectivity index (χ0n) is 8.65. The molecule has 0 atom stereocenters. The van der Waals surface area contributed by atoms with E-state index in [9.17, 15) is 8.78 Å². The van der Waals surface area contributed by atoms with Gasteiger partial charge in [0.25, 0.3) is 0 Å². The molecular weight excluding hydrogens is 170 g/mol. The summed E-state index contributed by atoms with van der Waals surface area (Å²) in [4.78, 5) is 0. The summed E-state index contributed by atoms with van der Waals surface area (Å²) >= 11 is 0. The zero-order valence-corrected chi connectivity index (χ0v) is 8.65. The molecule has 0 spiro atoms. The Balaban J connectivity index is 2.18. The van der Waals surface area contributed by atoms with Crippen molar-refractivity contribution in [1.29, 1.82) is 0 Å². The Morgan fingerprint density at radius 2 is 1.77 bits per heavy atom. The van der Waals surface area contributed by atoms with Crippen LogP contribution in [0.4, 0.5) is 8.78 Å². The van der Waals surface area contributed by atoms with Crippen LogP contribution in [0.2, 0.25) is 0 Å². The molecule has 78 valence electrons. The number of alkyl halides is 2. The van der Waals surface area contributed by atoms with Gasteiger partial charge in [-0.1, -0.05) is 26.7 Å². The van der Waals surface area contributed by atoms with Crippen molar-refractivity contribution in [3.05, 3.63) is 0 Å². The lowest BCUT2D eigenvalue weighted by Gasteiger charge is -2.28. The van der Waals surface area contributed by atoms with Gasteiger partial charge in [0.1, 0.15) is 0 Å². The van der Waals surface area contributed by atoms with E-state index >= 15 is 0 Å². The first-order chi connectivity index (χ1) is 5.99. The number of hydrogen-bond acceptors (Lipinski definition) is 0. The smallest absolute Gasteiger partial charge is 0.207 e. The van der Waals surface area contributed by atoms with Crippen LogP contribution in [0, 0.1) is 11.8 Å². The van der Waals surface area contributed by atoms with Gasteiger partial charge in [-0.25, -0.2) is 8.78 Å². The summed E-state index contributed by atoms with van der Waals surface area (Å²) in [7, 11) is 0. The van der Waals surface area contributed by atoms with Crippen LogP contribution in [0.1, 0.15) is 52.4 Å². The van der Waals surface area contributed by atoms with Gasteiger partial charge in [-0.05, 0) is 24.7 Å². The number of halogens is 2. The van der Waals surface area contributed by atoms with Gasteiger partial charge >= 0.3 is 0 Å². The van der Waals surface area contributed by atoms with Crippen molar-refractivity contribution < 1.29 is 8.78 Å².